The highest BCUT2D eigenvalue weighted by Crippen LogP contribution is 2.29. The van der Waals surface area contributed by atoms with Crippen LogP contribution in [0.2, 0.25) is 5.02 Å². The van der Waals surface area contributed by atoms with E-state index in [4.69, 9.17) is 16.3 Å². The lowest BCUT2D eigenvalue weighted by atomic mass is 10.2. The molecule has 0 unspecified atom stereocenters. The summed E-state index contributed by atoms with van der Waals surface area (Å²) in [6, 6.07) is 15.1. The molecule has 0 fully saturated rings. The fourth-order valence-electron chi connectivity index (χ4n) is 2.91. The largest absolute Gasteiger partial charge is 0.497 e. The van der Waals surface area contributed by atoms with Gasteiger partial charge in [0.25, 0.3) is 0 Å². The molecule has 2 aromatic carbocycles. The molecule has 0 aliphatic rings. The molecular weight excluding hydrogens is 453 g/mol. The summed E-state index contributed by atoms with van der Waals surface area (Å²) in [5, 5.41) is 11.8. The Morgan fingerprint density at radius 2 is 2.00 bits per heavy atom. The van der Waals surface area contributed by atoms with Crippen molar-refractivity contribution in [3.05, 3.63) is 77.8 Å². The normalized spacial score (nSPS) is 10.7. The molecule has 0 saturated carbocycles. The van der Waals surface area contributed by atoms with E-state index in [-0.39, 0.29) is 16.7 Å². The summed E-state index contributed by atoms with van der Waals surface area (Å²) in [5.74, 6) is 0.545. The molecule has 0 saturated heterocycles. The number of ether oxygens (including phenoxy) is 1. The Balaban J connectivity index is 1.58. The van der Waals surface area contributed by atoms with E-state index >= 15 is 0 Å². The van der Waals surface area contributed by atoms with E-state index in [2.05, 4.69) is 20.5 Å². The molecule has 10 heteroatoms. The van der Waals surface area contributed by atoms with Gasteiger partial charge in [0.15, 0.2) is 11.0 Å². The summed E-state index contributed by atoms with van der Waals surface area (Å²) < 4.78 is 20.4. The highest BCUT2D eigenvalue weighted by molar-refractivity contribution is 7.99. The zero-order valence-electron chi connectivity index (χ0n) is 16.8. The van der Waals surface area contributed by atoms with E-state index < -0.39 is 5.82 Å². The second kappa shape index (κ2) is 9.80. The minimum atomic E-state index is -0.547. The van der Waals surface area contributed by atoms with Gasteiger partial charge in [0, 0.05) is 29.3 Å². The molecule has 1 amide bonds. The maximum Gasteiger partial charge on any atom is 0.234 e. The topological polar surface area (TPSA) is 81.9 Å². The Morgan fingerprint density at radius 1 is 1.19 bits per heavy atom. The molecule has 2 aromatic heterocycles. The van der Waals surface area contributed by atoms with Crippen molar-refractivity contribution in [3.8, 4) is 22.8 Å². The molecule has 0 atom stereocenters. The summed E-state index contributed by atoms with van der Waals surface area (Å²) in [6.45, 7) is 0. The molecule has 0 spiro atoms. The minimum absolute atomic E-state index is 0.0594. The van der Waals surface area contributed by atoms with Crippen molar-refractivity contribution < 1.29 is 13.9 Å². The van der Waals surface area contributed by atoms with Crippen LogP contribution in [0, 0.1) is 5.82 Å². The number of amides is 1. The van der Waals surface area contributed by atoms with Crippen LogP contribution in [0.1, 0.15) is 0 Å². The molecule has 32 heavy (non-hydrogen) atoms. The van der Waals surface area contributed by atoms with Crippen LogP contribution in [0.3, 0.4) is 0 Å². The maximum absolute atomic E-state index is 13.3. The van der Waals surface area contributed by atoms with Gasteiger partial charge in [0.05, 0.1) is 17.9 Å². The standard InChI is InChI=1S/C22H17ClFN5O2S/c1-31-17-7-5-16(6-8-17)29-21(14-3-2-10-25-12-14)27-28-22(29)32-13-20(30)26-15-4-9-19(24)18(23)11-15/h2-12H,13H2,1H3,(H,26,30). The second-order valence-electron chi connectivity index (χ2n) is 6.55. The van der Waals surface area contributed by atoms with Gasteiger partial charge in [-0.15, -0.1) is 10.2 Å². The number of carbonyl (C=O) groups excluding carboxylic acids is 1. The van der Waals surface area contributed by atoms with Crippen LogP contribution in [0.25, 0.3) is 17.1 Å². The monoisotopic (exact) mass is 469 g/mol. The number of halogens is 2. The van der Waals surface area contributed by atoms with Gasteiger partial charge in [0.2, 0.25) is 5.91 Å². The molecule has 162 valence electrons. The summed E-state index contributed by atoms with van der Waals surface area (Å²) in [4.78, 5) is 16.6. The Kier molecular flexibility index (Phi) is 6.67. The Labute approximate surface area is 192 Å². The number of aromatic nitrogens is 4. The van der Waals surface area contributed by atoms with Gasteiger partial charge in [-0.3, -0.25) is 14.3 Å². The zero-order valence-corrected chi connectivity index (χ0v) is 18.4. The van der Waals surface area contributed by atoms with Gasteiger partial charge in [-0.05, 0) is 54.6 Å². The number of hydrogen-bond donors (Lipinski definition) is 1. The van der Waals surface area contributed by atoms with E-state index in [0.717, 1.165) is 17.0 Å². The van der Waals surface area contributed by atoms with Crippen molar-refractivity contribution in [2.45, 2.75) is 5.16 Å². The first-order valence-electron chi connectivity index (χ1n) is 9.43. The number of methoxy groups -OCH3 is 1. The molecule has 0 radical (unpaired) electrons. The van der Waals surface area contributed by atoms with Crippen molar-refractivity contribution in [1.82, 2.24) is 19.7 Å². The number of rotatable bonds is 7. The van der Waals surface area contributed by atoms with E-state index in [1.54, 1.807) is 19.5 Å². The Bertz CT molecular complexity index is 1240. The molecular formula is C22H17ClFN5O2S. The number of nitrogens with one attached hydrogen (secondary N) is 1. The lowest BCUT2D eigenvalue weighted by Gasteiger charge is -2.11. The van der Waals surface area contributed by atoms with Gasteiger partial charge >= 0.3 is 0 Å². The number of anilines is 1. The SMILES string of the molecule is COc1ccc(-n2c(SCC(=O)Nc3ccc(F)c(Cl)c3)nnc2-c2cccnc2)cc1. The van der Waals surface area contributed by atoms with Crippen LogP contribution in [-0.4, -0.2) is 38.5 Å². The van der Waals surface area contributed by atoms with Crippen LogP contribution in [0.15, 0.2) is 72.1 Å². The third kappa shape index (κ3) is 4.90. The molecule has 0 bridgehead atoms. The van der Waals surface area contributed by atoms with Crippen LogP contribution in [0.5, 0.6) is 5.75 Å². The van der Waals surface area contributed by atoms with Crippen molar-refractivity contribution in [3.63, 3.8) is 0 Å². The number of benzene rings is 2. The second-order valence-corrected chi connectivity index (χ2v) is 7.90. The lowest BCUT2D eigenvalue weighted by Crippen LogP contribution is -2.14. The number of carbonyl (C=O) groups is 1. The van der Waals surface area contributed by atoms with Crippen LogP contribution < -0.4 is 10.1 Å². The molecule has 7 nitrogen and oxygen atoms in total. The van der Waals surface area contributed by atoms with Crippen molar-refractivity contribution >= 4 is 35.0 Å². The van der Waals surface area contributed by atoms with E-state index in [0.29, 0.717) is 16.7 Å². The summed E-state index contributed by atoms with van der Waals surface area (Å²) in [6.07, 6.45) is 3.38. The first-order chi connectivity index (χ1) is 15.5. The average molecular weight is 470 g/mol. The van der Waals surface area contributed by atoms with Crippen LogP contribution in [0.4, 0.5) is 10.1 Å². The Morgan fingerprint density at radius 3 is 2.69 bits per heavy atom. The van der Waals surface area contributed by atoms with Gasteiger partial charge in [0.1, 0.15) is 11.6 Å². The fraction of sp³-hybridized carbons (Fsp3) is 0.0909. The molecule has 0 aliphatic carbocycles. The van der Waals surface area contributed by atoms with Gasteiger partial charge in [-0.25, -0.2) is 4.39 Å². The molecule has 2 heterocycles. The van der Waals surface area contributed by atoms with Gasteiger partial charge < -0.3 is 10.1 Å². The number of pyridine rings is 1. The number of hydrogen-bond acceptors (Lipinski definition) is 6. The highest BCUT2D eigenvalue weighted by atomic mass is 35.5. The number of thioether (sulfide) groups is 1. The molecule has 4 rings (SSSR count). The first kappa shape index (κ1) is 21.8. The lowest BCUT2D eigenvalue weighted by molar-refractivity contribution is -0.113. The summed E-state index contributed by atoms with van der Waals surface area (Å²) >= 11 is 6.99. The maximum atomic E-state index is 13.3. The molecule has 4 aromatic rings. The van der Waals surface area contributed by atoms with Crippen LogP contribution in [-0.2, 0) is 4.79 Å². The van der Waals surface area contributed by atoms with Crippen LogP contribution >= 0.6 is 23.4 Å². The smallest absolute Gasteiger partial charge is 0.234 e. The summed E-state index contributed by atoms with van der Waals surface area (Å²) in [5.41, 5.74) is 2.01. The van der Waals surface area contributed by atoms with Gasteiger partial charge in [-0.2, -0.15) is 0 Å². The predicted octanol–water partition coefficient (Wildman–Crippen LogP) is 4.86. The number of nitrogens with zero attached hydrogens (tertiary/aromatic N) is 4. The molecule has 0 aliphatic heterocycles. The third-order valence-electron chi connectivity index (χ3n) is 4.42. The Hall–Kier alpha value is -3.43. The quantitative estimate of drug-likeness (QED) is 0.389. The van der Waals surface area contributed by atoms with E-state index in [1.807, 2.05) is 41.0 Å². The zero-order chi connectivity index (χ0) is 22.5. The minimum Gasteiger partial charge on any atom is -0.497 e. The van der Waals surface area contributed by atoms with E-state index in [9.17, 15) is 9.18 Å². The van der Waals surface area contributed by atoms with Crippen molar-refractivity contribution in [1.29, 1.82) is 0 Å². The third-order valence-corrected chi connectivity index (χ3v) is 5.64. The average Bonchev–Trinajstić information content (AvgIpc) is 3.25. The highest BCUT2D eigenvalue weighted by Gasteiger charge is 2.18. The van der Waals surface area contributed by atoms with Crippen molar-refractivity contribution in [2.24, 2.45) is 0 Å². The van der Waals surface area contributed by atoms with Gasteiger partial charge in [-0.1, -0.05) is 23.4 Å². The predicted molar refractivity (Wildman–Crippen MR) is 122 cm³/mol. The van der Waals surface area contributed by atoms with E-state index in [1.165, 1.54) is 30.0 Å². The summed E-state index contributed by atoms with van der Waals surface area (Å²) in [7, 11) is 1.60. The first-order valence-corrected chi connectivity index (χ1v) is 10.8. The molecule has 1 N–H and O–H groups in total. The van der Waals surface area contributed by atoms with Crippen molar-refractivity contribution in [2.75, 3.05) is 18.2 Å². The fourth-order valence-corrected chi connectivity index (χ4v) is 3.84.